The van der Waals surface area contributed by atoms with E-state index in [1.807, 2.05) is 0 Å². The molecule has 0 aromatic carbocycles. The molecule has 0 bridgehead atoms. The molecule has 1 aliphatic carbocycles. The fourth-order valence-electron chi connectivity index (χ4n) is 2.18. The summed E-state index contributed by atoms with van der Waals surface area (Å²) in [6, 6.07) is 0. The molecular weight excluding hydrogens is 306 g/mol. The van der Waals surface area contributed by atoms with E-state index < -0.39 is 0 Å². The van der Waals surface area contributed by atoms with Gasteiger partial charge in [-0.1, -0.05) is 19.0 Å². The van der Waals surface area contributed by atoms with Gasteiger partial charge in [-0.05, 0) is 46.0 Å². The zero-order valence-electron chi connectivity index (χ0n) is 9.50. The molecule has 2 rings (SSSR count). The fourth-order valence-corrected chi connectivity index (χ4v) is 5.15. The molecule has 0 saturated heterocycles. The van der Waals surface area contributed by atoms with E-state index >= 15 is 0 Å². The zero-order valence-corrected chi connectivity index (χ0v) is 12.7. The second-order valence-corrected chi connectivity index (χ2v) is 8.20. The topological polar surface area (TPSA) is 32.6 Å². The third kappa shape index (κ3) is 2.05. The minimum Gasteiger partial charge on any atom is -0.411 e. The Kier molecular flexibility index (Phi) is 3.39. The van der Waals surface area contributed by atoms with Crippen molar-refractivity contribution in [1.82, 2.24) is 0 Å². The second-order valence-electron chi connectivity index (χ2n) is 4.79. The van der Waals surface area contributed by atoms with Gasteiger partial charge in [-0.25, -0.2) is 0 Å². The molecule has 0 radical (unpaired) electrons. The van der Waals surface area contributed by atoms with Crippen molar-refractivity contribution in [1.29, 1.82) is 0 Å². The molecule has 0 aliphatic heterocycles. The van der Waals surface area contributed by atoms with Crippen LogP contribution in [0.4, 0.5) is 0 Å². The van der Waals surface area contributed by atoms with Crippen molar-refractivity contribution >= 4 is 44.7 Å². The monoisotopic (exact) mass is 319 g/mol. The highest BCUT2D eigenvalue weighted by Gasteiger charge is 2.34. The van der Waals surface area contributed by atoms with Gasteiger partial charge in [-0.2, -0.15) is 0 Å². The number of hydrogen-bond donors (Lipinski definition) is 1. The molecule has 88 valence electrons. The van der Waals surface area contributed by atoms with E-state index in [4.69, 9.17) is 5.21 Å². The van der Waals surface area contributed by atoms with Crippen molar-refractivity contribution in [3.8, 4) is 0 Å². The Bertz CT molecular complexity index is 451. The van der Waals surface area contributed by atoms with E-state index in [9.17, 15) is 0 Å². The van der Waals surface area contributed by atoms with Gasteiger partial charge in [0.1, 0.15) is 0 Å². The van der Waals surface area contributed by atoms with Crippen molar-refractivity contribution in [2.24, 2.45) is 10.6 Å². The molecule has 0 saturated carbocycles. The second kappa shape index (κ2) is 4.35. The van der Waals surface area contributed by atoms with Crippen molar-refractivity contribution in [2.75, 3.05) is 6.26 Å². The summed E-state index contributed by atoms with van der Waals surface area (Å²) in [5.41, 5.74) is 3.47. The predicted octanol–water partition coefficient (Wildman–Crippen LogP) is 4.38. The van der Waals surface area contributed by atoms with Crippen LogP contribution >= 0.6 is 39.0 Å². The normalized spacial score (nSPS) is 21.1. The lowest BCUT2D eigenvalue weighted by atomic mass is 9.75. The number of thioether (sulfide) groups is 1. The molecule has 16 heavy (non-hydrogen) atoms. The van der Waals surface area contributed by atoms with E-state index in [2.05, 4.69) is 41.2 Å². The summed E-state index contributed by atoms with van der Waals surface area (Å²) in [5.74, 6) is 0. The molecule has 1 aromatic heterocycles. The molecule has 0 spiro atoms. The first-order chi connectivity index (χ1) is 7.48. The Hall–Kier alpha value is -0.000000000000000111. The summed E-state index contributed by atoms with van der Waals surface area (Å²) in [7, 11) is 0. The summed E-state index contributed by atoms with van der Waals surface area (Å²) in [4.78, 5) is 0. The van der Waals surface area contributed by atoms with Crippen molar-refractivity contribution in [3.05, 3.63) is 14.9 Å². The average molecular weight is 320 g/mol. The lowest BCUT2D eigenvalue weighted by Gasteiger charge is -2.30. The summed E-state index contributed by atoms with van der Waals surface area (Å²) in [5, 5.41) is 12.7. The van der Waals surface area contributed by atoms with Crippen LogP contribution in [-0.4, -0.2) is 17.2 Å². The van der Waals surface area contributed by atoms with Crippen LogP contribution in [0.2, 0.25) is 0 Å². The Morgan fingerprint density at radius 2 is 2.12 bits per heavy atom. The minimum atomic E-state index is 0.174. The molecule has 0 unspecified atom stereocenters. The van der Waals surface area contributed by atoms with Crippen LogP contribution in [0.25, 0.3) is 0 Å². The summed E-state index contributed by atoms with van der Waals surface area (Å²) in [6.07, 6.45) is 3.94. The predicted molar refractivity (Wildman–Crippen MR) is 74.2 cm³/mol. The Labute approximate surface area is 112 Å². The number of thiophene rings is 1. The van der Waals surface area contributed by atoms with Gasteiger partial charge < -0.3 is 5.21 Å². The van der Waals surface area contributed by atoms with Crippen molar-refractivity contribution in [3.63, 3.8) is 0 Å². The van der Waals surface area contributed by atoms with E-state index in [0.717, 1.165) is 24.1 Å². The maximum atomic E-state index is 9.17. The molecule has 0 atom stereocenters. The first-order valence-corrected chi connectivity index (χ1v) is 7.88. The Morgan fingerprint density at radius 3 is 2.69 bits per heavy atom. The summed E-state index contributed by atoms with van der Waals surface area (Å²) < 4.78 is 2.42. The smallest absolute Gasteiger partial charge is 0.0896 e. The molecule has 1 N–H and O–H groups in total. The maximum absolute atomic E-state index is 9.17. The number of oxime groups is 1. The average Bonchev–Trinajstić information content (AvgIpc) is 2.53. The third-order valence-electron chi connectivity index (χ3n) is 2.82. The molecule has 1 aromatic rings. The summed E-state index contributed by atoms with van der Waals surface area (Å²) in [6.45, 7) is 4.42. The molecule has 0 fully saturated rings. The number of hydrogen-bond acceptors (Lipinski definition) is 4. The van der Waals surface area contributed by atoms with E-state index in [-0.39, 0.29) is 5.41 Å². The van der Waals surface area contributed by atoms with Crippen LogP contribution in [0, 0.1) is 5.41 Å². The molecule has 0 amide bonds. The van der Waals surface area contributed by atoms with Gasteiger partial charge in [0, 0.05) is 5.56 Å². The number of nitrogens with zero attached hydrogens (tertiary/aromatic N) is 1. The Balaban J connectivity index is 2.61. The van der Waals surface area contributed by atoms with Crippen LogP contribution in [0.5, 0.6) is 0 Å². The van der Waals surface area contributed by atoms with Gasteiger partial charge in [-0.3, -0.25) is 0 Å². The molecule has 5 heteroatoms. The number of halogens is 1. The van der Waals surface area contributed by atoms with E-state index in [1.54, 1.807) is 23.1 Å². The Morgan fingerprint density at radius 1 is 1.44 bits per heavy atom. The number of fused-ring (bicyclic) bond motifs is 1. The van der Waals surface area contributed by atoms with Crippen LogP contribution in [0.15, 0.2) is 13.2 Å². The lowest BCUT2D eigenvalue weighted by molar-refractivity contribution is 0.306. The molecular formula is C11H14BrNOS2. The highest BCUT2D eigenvalue weighted by Crippen LogP contribution is 2.46. The fraction of sp³-hybridized carbons (Fsp3) is 0.545. The summed E-state index contributed by atoms with van der Waals surface area (Å²) >= 11 is 7.08. The standard InChI is InChI=1S/C11H14BrNOS2/c1-11(2)4-6-8(7(5-11)13-14)10(15-3)16-9(6)12/h14H,4-5H2,1-3H3/b13-7+. The van der Waals surface area contributed by atoms with Gasteiger partial charge in [0.15, 0.2) is 0 Å². The third-order valence-corrected chi connectivity index (χ3v) is 5.93. The first kappa shape index (κ1) is 12.5. The lowest BCUT2D eigenvalue weighted by Crippen LogP contribution is -2.27. The maximum Gasteiger partial charge on any atom is 0.0896 e. The van der Waals surface area contributed by atoms with Crippen molar-refractivity contribution < 1.29 is 5.21 Å². The first-order valence-electron chi connectivity index (χ1n) is 5.05. The highest BCUT2D eigenvalue weighted by molar-refractivity contribution is 9.11. The highest BCUT2D eigenvalue weighted by atomic mass is 79.9. The molecule has 2 nitrogen and oxygen atoms in total. The van der Waals surface area contributed by atoms with Crippen LogP contribution in [0.1, 0.15) is 31.4 Å². The largest absolute Gasteiger partial charge is 0.411 e. The minimum absolute atomic E-state index is 0.174. The zero-order chi connectivity index (χ0) is 11.9. The van der Waals surface area contributed by atoms with E-state index in [1.165, 1.54) is 13.6 Å². The van der Waals surface area contributed by atoms with Crippen LogP contribution in [0.3, 0.4) is 0 Å². The van der Waals surface area contributed by atoms with Crippen LogP contribution < -0.4 is 0 Å². The number of rotatable bonds is 1. The van der Waals surface area contributed by atoms with Crippen molar-refractivity contribution in [2.45, 2.75) is 30.9 Å². The van der Waals surface area contributed by atoms with E-state index in [0.29, 0.717) is 0 Å². The van der Waals surface area contributed by atoms with Gasteiger partial charge in [-0.15, -0.1) is 23.1 Å². The van der Waals surface area contributed by atoms with Gasteiger partial charge in [0.2, 0.25) is 0 Å². The molecule has 1 heterocycles. The van der Waals surface area contributed by atoms with Crippen LogP contribution in [-0.2, 0) is 6.42 Å². The molecule has 1 aliphatic rings. The van der Waals surface area contributed by atoms with Gasteiger partial charge in [0.25, 0.3) is 0 Å². The quantitative estimate of drug-likeness (QED) is 0.473. The van der Waals surface area contributed by atoms with Gasteiger partial charge >= 0.3 is 0 Å². The van der Waals surface area contributed by atoms with Gasteiger partial charge in [0.05, 0.1) is 13.7 Å². The SMILES string of the molecule is CSc1sc(Br)c2c1/C(=N/O)CC(C)(C)C2.